The third-order valence-corrected chi connectivity index (χ3v) is 4.84. The van der Waals surface area contributed by atoms with Crippen LogP contribution in [-0.2, 0) is 6.42 Å². The van der Waals surface area contributed by atoms with E-state index < -0.39 is 0 Å². The Morgan fingerprint density at radius 2 is 1.97 bits per heavy atom. The summed E-state index contributed by atoms with van der Waals surface area (Å²) in [6.07, 6.45) is 6.53. The van der Waals surface area contributed by atoms with Gasteiger partial charge in [0.25, 0.3) is 0 Å². The highest BCUT2D eigenvalue weighted by molar-refractivity contribution is 5.75. The van der Waals surface area contributed by atoms with Crippen LogP contribution in [0.2, 0.25) is 0 Å². The summed E-state index contributed by atoms with van der Waals surface area (Å²) < 4.78 is 7.83. The number of nitrogens with one attached hydrogen (secondary N) is 1. The van der Waals surface area contributed by atoms with Crippen LogP contribution in [0, 0.1) is 11.3 Å². The van der Waals surface area contributed by atoms with E-state index in [1.54, 1.807) is 13.3 Å². The van der Waals surface area contributed by atoms with Gasteiger partial charge in [-0.15, -0.1) is 0 Å². The van der Waals surface area contributed by atoms with E-state index in [1.165, 1.54) is 0 Å². The van der Waals surface area contributed by atoms with Crippen LogP contribution >= 0.6 is 0 Å². The van der Waals surface area contributed by atoms with Crippen LogP contribution in [0.15, 0.2) is 30.6 Å². The smallest absolute Gasteiger partial charge is 0.237 e. The molecule has 0 saturated heterocycles. The molecular formula is C22H28N6O. The summed E-state index contributed by atoms with van der Waals surface area (Å²) in [6.45, 7) is 8.24. The van der Waals surface area contributed by atoms with Gasteiger partial charge in [0.1, 0.15) is 0 Å². The number of ether oxygens (including phenoxy) is 1. The molecule has 1 aromatic carbocycles. The zero-order valence-corrected chi connectivity index (χ0v) is 17.6. The van der Waals surface area contributed by atoms with Gasteiger partial charge in [-0.05, 0) is 43.0 Å². The zero-order chi connectivity index (χ0) is 20.8. The first-order chi connectivity index (χ1) is 14.2. The first kappa shape index (κ1) is 20.5. The van der Waals surface area contributed by atoms with Gasteiger partial charge in [0, 0.05) is 31.2 Å². The number of nitrogens with zero attached hydrogens (tertiary/aromatic N) is 5. The Bertz CT molecular complexity index is 1010. The molecule has 0 aliphatic carbocycles. The molecule has 0 fully saturated rings. The van der Waals surface area contributed by atoms with Crippen molar-refractivity contribution in [3.63, 3.8) is 0 Å². The minimum atomic E-state index is 0.618. The lowest BCUT2D eigenvalue weighted by atomic mass is 10.1. The molecule has 0 amide bonds. The van der Waals surface area contributed by atoms with Crippen molar-refractivity contribution in [3.8, 4) is 11.8 Å². The maximum absolute atomic E-state index is 9.19. The molecule has 0 aliphatic rings. The van der Waals surface area contributed by atoms with Crippen LogP contribution < -0.4 is 15.0 Å². The van der Waals surface area contributed by atoms with Gasteiger partial charge in [-0.25, -0.2) is 4.98 Å². The van der Waals surface area contributed by atoms with Crippen molar-refractivity contribution in [2.75, 3.05) is 30.4 Å². The van der Waals surface area contributed by atoms with Crippen LogP contribution in [0.4, 0.5) is 17.3 Å². The molecular weight excluding hydrogens is 364 g/mol. The summed E-state index contributed by atoms with van der Waals surface area (Å²) in [6, 6.07) is 7.84. The summed E-state index contributed by atoms with van der Waals surface area (Å²) in [4.78, 5) is 11.4. The lowest BCUT2D eigenvalue weighted by molar-refractivity contribution is 0.412. The van der Waals surface area contributed by atoms with Crippen LogP contribution in [0.5, 0.6) is 5.75 Å². The van der Waals surface area contributed by atoms with Crippen molar-refractivity contribution in [2.45, 2.75) is 40.0 Å². The first-order valence-electron chi connectivity index (χ1n) is 10.1. The number of benzene rings is 1. The molecule has 0 bridgehead atoms. The second-order valence-electron chi connectivity index (χ2n) is 6.86. The van der Waals surface area contributed by atoms with Crippen LogP contribution in [0.25, 0.3) is 5.78 Å². The third kappa shape index (κ3) is 4.11. The fraction of sp³-hybridized carbons (Fsp3) is 0.409. The molecule has 0 aliphatic heterocycles. The average Bonchev–Trinajstić information content (AvgIpc) is 3.21. The lowest BCUT2D eigenvalue weighted by Gasteiger charge is -2.27. The van der Waals surface area contributed by atoms with E-state index in [2.05, 4.69) is 42.0 Å². The summed E-state index contributed by atoms with van der Waals surface area (Å²) in [5.74, 6) is 2.88. The minimum absolute atomic E-state index is 0.618. The molecule has 2 aromatic heterocycles. The number of anilines is 3. The van der Waals surface area contributed by atoms with Crippen molar-refractivity contribution in [1.29, 1.82) is 5.26 Å². The van der Waals surface area contributed by atoms with E-state index in [0.29, 0.717) is 22.9 Å². The van der Waals surface area contributed by atoms with Gasteiger partial charge in [0.05, 0.1) is 18.7 Å². The normalized spacial score (nSPS) is 10.7. The van der Waals surface area contributed by atoms with E-state index in [9.17, 15) is 5.26 Å². The Labute approximate surface area is 172 Å². The average molecular weight is 393 g/mol. The predicted octanol–water partition coefficient (Wildman–Crippen LogP) is 4.54. The second-order valence-corrected chi connectivity index (χ2v) is 6.86. The van der Waals surface area contributed by atoms with Crippen LogP contribution in [-0.4, -0.2) is 34.6 Å². The van der Waals surface area contributed by atoms with E-state index in [1.807, 2.05) is 28.8 Å². The molecule has 0 spiro atoms. The lowest BCUT2D eigenvalue weighted by Crippen LogP contribution is -2.28. The molecule has 2 heterocycles. The number of imidazole rings is 1. The van der Waals surface area contributed by atoms with E-state index in [-0.39, 0.29) is 0 Å². The summed E-state index contributed by atoms with van der Waals surface area (Å²) in [7, 11) is 1.67. The van der Waals surface area contributed by atoms with Crippen molar-refractivity contribution >= 4 is 23.1 Å². The van der Waals surface area contributed by atoms with Crippen LogP contribution in [0.3, 0.4) is 0 Å². The highest BCUT2D eigenvalue weighted by Gasteiger charge is 2.22. The van der Waals surface area contributed by atoms with Gasteiger partial charge in [-0.1, -0.05) is 20.8 Å². The molecule has 152 valence electrons. The van der Waals surface area contributed by atoms with Gasteiger partial charge in [-0.2, -0.15) is 10.2 Å². The number of fused-ring (bicyclic) bond motifs is 1. The van der Waals surface area contributed by atoms with Gasteiger partial charge in [0.15, 0.2) is 11.6 Å². The van der Waals surface area contributed by atoms with E-state index >= 15 is 0 Å². The fourth-order valence-corrected chi connectivity index (χ4v) is 3.55. The first-order valence-corrected chi connectivity index (χ1v) is 10.1. The van der Waals surface area contributed by atoms with E-state index in [4.69, 9.17) is 9.72 Å². The Morgan fingerprint density at radius 1 is 1.21 bits per heavy atom. The molecule has 0 unspecified atom stereocenters. The number of nitriles is 1. The van der Waals surface area contributed by atoms with Gasteiger partial charge in [-0.3, -0.25) is 4.40 Å². The maximum atomic E-state index is 9.19. The largest absolute Gasteiger partial charge is 0.490 e. The van der Waals surface area contributed by atoms with Gasteiger partial charge < -0.3 is 15.0 Å². The summed E-state index contributed by atoms with van der Waals surface area (Å²) in [5.41, 5.74) is 2.61. The molecule has 7 nitrogen and oxygen atoms in total. The molecule has 0 saturated carbocycles. The molecule has 3 rings (SSSR count). The van der Waals surface area contributed by atoms with Crippen molar-refractivity contribution in [2.24, 2.45) is 0 Å². The quantitative estimate of drug-likeness (QED) is 0.576. The molecule has 29 heavy (non-hydrogen) atoms. The maximum Gasteiger partial charge on any atom is 0.237 e. The zero-order valence-electron chi connectivity index (χ0n) is 17.6. The number of methoxy groups -OCH3 is 1. The number of rotatable bonds is 9. The molecule has 3 aromatic rings. The number of aromatic nitrogens is 3. The SMILES string of the molecule is CCCN(CCC)c1c(OC)c(Nc2ccc(C#N)cc2CC)nc2nccn12. The number of hydrogen-bond acceptors (Lipinski definition) is 6. The van der Waals surface area contributed by atoms with E-state index in [0.717, 1.165) is 49.4 Å². The Morgan fingerprint density at radius 3 is 2.59 bits per heavy atom. The van der Waals surface area contributed by atoms with Crippen molar-refractivity contribution < 1.29 is 4.74 Å². The van der Waals surface area contributed by atoms with Crippen LogP contribution in [0.1, 0.15) is 44.7 Å². The highest BCUT2D eigenvalue weighted by atomic mass is 16.5. The fourth-order valence-electron chi connectivity index (χ4n) is 3.55. The Balaban J connectivity index is 2.15. The standard InChI is InChI=1S/C22H28N6O/c1-5-11-27(12-6-2)21-19(29-4)20(26-22-24-10-13-28(21)22)25-18-9-8-16(15-23)14-17(18)7-3/h8-10,13-14H,5-7,11-12H2,1-4H3,(H,24,25,26). The van der Waals surface area contributed by atoms with Crippen molar-refractivity contribution in [1.82, 2.24) is 14.4 Å². The summed E-state index contributed by atoms with van der Waals surface area (Å²) >= 11 is 0. The second kappa shape index (κ2) is 9.28. The van der Waals surface area contributed by atoms with Crippen molar-refractivity contribution in [3.05, 3.63) is 41.7 Å². The molecule has 0 atom stereocenters. The Kier molecular flexibility index (Phi) is 6.55. The predicted molar refractivity (Wildman–Crippen MR) is 116 cm³/mol. The third-order valence-electron chi connectivity index (χ3n) is 4.84. The van der Waals surface area contributed by atoms with Gasteiger partial charge >= 0.3 is 0 Å². The van der Waals surface area contributed by atoms with Gasteiger partial charge in [0.2, 0.25) is 11.5 Å². The topological polar surface area (TPSA) is 78.5 Å². The monoisotopic (exact) mass is 392 g/mol. The number of hydrogen-bond donors (Lipinski definition) is 1. The highest BCUT2D eigenvalue weighted by Crippen LogP contribution is 2.37. The number of aryl methyl sites for hydroxylation is 1. The summed E-state index contributed by atoms with van der Waals surface area (Å²) in [5, 5.41) is 12.6. The molecule has 1 N–H and O–H groups in total. The molecule has 7 heteroatoms. The Hall–Kier alpha value is -3.27. The minimum Gasteiger partial charge on any atom is -0.490 e. The molecule has 0 radical (unpaired) electrons.